The molecule has 0 aliphatic carbocycles. The Bertz CT molecular complexity index is 160. The van der Waals surface area contributed by atoms with Crippen LogP contribution in [0.1, 0.15) is 21.1 Å². The zero-order valence-corrected chi connectivity index (χ0v) is 5.91. The first kappa shape index (κ1) is 6.16. The van der Waals surface area contributed by atoms with Gasteiger partial charge in [-0.25, -0.2) is 0 Å². The summed E-state index contributed by atoms with van der Waals surface area (Å²) >= 11 is 0. The van der Waals surface area contributed by atoms with Crippen LogP contribution in [0.3, 0.4) is 0 Å². The highest BCUT2D eigenvalue weighted by Crippen LogP contribution is 2.22. The molecule has 1 unspecified atom stereocenters. The predicted octanol–water partition coefficient (Wildman–Crippen LogP) is 0.886. The van der Waals surface area contributed by atoms with Gasteiger partial charge < -0.3 is 9.84 Å². The van der Waals surface area contributed by atoms with Crippen molar-refractivity contribution < 1.29 is 16.0 Å². The molecule has 0 aromatic heterocycles. The SMILES string of the molecule is [3H][C@H]1CC(C(=O)O)[C@@H](CC)O1. The Morgan fingerprint density at radius 3 is 3.10 bits per heavy atom. The number of hydrogen-bond acceptors (Lipinski definition) is 2. The lowest BCUT2D eigenvalue weighted by Gasteiger charge is -2.10. The minimum absolute atomic E-state index is 0.255. The largest absolute Gasteiger partial charge is 0.481 e. The Kier molecular flexibility index (Phi) is 1.86. The number of rotatable bonds is 2. The maximum absolute atomic E-state index is 10.6. The predicted molar refractivity (Wildman–Crippen MR) is 35.8 cm³/mol. The second-order valence-corrected chi connectivity index (χ2v) is 2.43. The summed E-state index contributed by atoms with van der Waals surface area (Å²) in [5.74, 6) is -1.31. The van der Waals surface area contributed by atoms with Crippen molar-refractivity contribution in [3.63, 3.8) is 0 Å². The second kappa shape index (κ2) is 3.01. The van der Waals surface area contributed by atoms with Gasteiger partial charge in [0.25, 0.3) is 0 Å². The zero-order valence-electron chi connectivity index (χ0n) is 6.91. The van der Waals surface area contributed by atoms with Crippen LogP contribution in [0.25, 0.3) is 0 Å². The van der Waals surface area contributed by atoms with E-state index < -0.39 is 18.5 Å². The van der Waals surface area contributed by atoms with Crippen LogP contribution in [-0.4, -0.2) is 23.8 Å². The molecule has 3 nitrogen and oxygen atoms in total. The lowest BCUT2D eigenvalue weighted by Crippen LogP contribution is -2.22. The van der Waals surface area contributed by atoms with E-state index in [2.05, 4.69) is 0 Å². The van der Waals surface area contributed by atoms with Crippen LogP contribution in [0.15, 0.2) is 0 Å². The lowest BCUT2D eigenvalue weighted by atomic mass is 10.0. The number of aliphatic carboxylic acids is 1. The molecule has 0 aromatic rings. The van der Waals surface area contributed by atoms with E-state index in [1.54, 1.807) is 0 Å². The van der Waals surface area contributed by atoms with Crippen molar-refractivity contribution in [1.82, 2.24) is 0 Å². The van der Waals surface area contributed by atoms with E-state index in [1.807, 2.05) is 6.92 Å². The maximum Gasteiger partial charge on any atom is 0.309 e. The number of carboxylic acids is 1. The summed E-state index contributed by atoms with van der Waals surface area (Å²) in [6, 6.07) is 0. The molecule has 0 amide bonds. The molecule has 1 heterocycles. The summed E-state index contributed by atoms with van der Waals surface area (Å²) in [5, 5.41) is 8.67. The first-order valence-corrected chi connectivity index (χ1v) is 3.45. The van der Waals surface area contributed by atoms with Crippen molar-refractivity contribution in [2.24, 2.45) is 5.92 Å². The molecule has 3 heteroatoms. The Morgan fingerprint density at radius 2 is 2.70 bits per heavy atom. The van der Waals surface area contributed by atoms with E-state index >= 15 is 0 Å². The smallest absolute Gasteiger partial charge is 0.309 e. The molecule has 1 saturated heterocycles. The van der Waals surface area contributed by atoms with Gasteiger partial charge in [-0.1, -0.05) is 6.92 Å². The molecule has 0 radical (unpaired) electrons. The van der Waals surface area contributed by atoms with Crippen molar-refractivity contribution in [2.45, 2.75) is 25.9 Å². The highest BCUT2D eigenvalue weighted by Gasteiger charge is 2.32. The molecule has 0 aromatic carbocycles. The molecule has 0 spiro atoms. The summed E-state index contributed by atoms with van der Waals surface area (Å²) in [7, 11) is 0. The van der Waals surface area contributed by atoms with Crippen molar-refractivity contribution in [3.8, 4) is 0 Å². The monoisotopic (exact) mass is 146 g/mol. The zero-order chi connectivity index (χ0) is 8.43. The second-order valence-electron chi connectivity index (χ2n) is 2.43. The number of hydrogen-bond donors (Lipinski definition) is 1. The Morgan fingerprint density at radius 1 is 2.00 bits per heavy atom. The number of carbonyl (C=O) groups is 1. The number of ether oxygens (including phenoxy) is 1. The Hall–Kier alpha value is -0.570. The lowest BCUT2D eigenvalue weighted by molar-refractivity contribution is -0.143. The van der Waals surface area contributed by atoms with E-state index in [4.69, 9.17) is 11.2 Å². The van der Waals surface area contributed by atoms with Gasteiger partial charge in [0.05, 0.1) is 13.4 Å². The average molecular weight is 146 g/mol. The van der Waals surface area contributed by atoms with Gasteiger partial charge in [0.15, 0.2) is 0 Å². The van der Waals surface area contributed by atoms with Crippen LogP contribution in [0.4, 0.5) is 0 Å². The van der Waals surface area contributed by atoms with E-state index in [0.29, 0.717) is 12.8 Å². The fourth-order valence-electron chi connectivity index (χ4n) is 1.17. The topological polar surface area (TPSA) is 46.5 Å². The molecule has 58 valence electrons. The minimum atomic E-state index is -0.841. The molecule has 0 saturated carbocycles. The molecule has 1 rings (SSSR count). The normalized spacial score (nSPS) is 41.3. The number of carboxylic acid groups (broad SMARTS) is 1. The van der Waals surface area contributed by atoms with Crippen molar-refractivity contribution in [1.29, 1.82) is 0 Å². The summed E-state index contributed by atoms with van der Waals surface area (Å²) in [5.41, 5.74) is 0. The first-order chi connectivity index (χ1) is 5.15. The van der Waals surface area contributed by atoms with Gasteiger partial charge in [0, 0.05) is 6.58 Å². The van der Waals surface area contributed by atoms with Crippen LogP contribution < -0.4 is 0 Å². The maximum atomic E-state index is 10.6. The van der Waals surface area contributed by atoms with Crippen LogP contribution in [0, 0.1) is 5.92 Å². The average Bonchev–Trinajstić information content (AvgIpc) is 2.30. The third-order valence-electron chi connectivity index (χ3n) is 1.79. The molecular weight excluding hydrogens is 132 g/mol. The minimum Gasteiger partial charge on any atom is -0.481 e. The Labute approximate surface area is 61.4 Å². The van der Waals surface area contributed by atoms with E-state index in [1.165, 1.54) is 0 Å². The standard InChI is InChI=1S/C7H12O3/c1-2-6-5(7(8)9)3-4-10-6/h5-6H,2-4H2,1H3,(H,8,9)/t5?,6-/m1/s1/i4T/t4-,5?,6+/m0. The molecule has 10 heavy (non-hydrogen) atoms. The molecule has 1 aliphatic heterocycles. The molecule has 3 atom stereocenters. The third-order valence-corrected chi connectivity index (χ3v) is 1.79. The molecule has 1 fully saturated rings. The molecule has 1 N–H and O–H groups in total. The third kappa shape index (κ3) is 1.29. The van der Waals surface area contributed by atoms with Gasteiger partial charge >= 0.3 is 5.97 Å². The summed E-state index contributed by atoms with van der Waals surface area (Å²) < 4.78 is 12.3. The van der Waals surface area contributed by atoms with Crippen LogP contribution in [0.2, 0.25) is 0 Å². The van der Waals surface area contributed by atoms with Crippen LogP contribution in [0.5, 0.6) is 0 Å². The summed E-state index contributed by atoms with van der Waals surface area (Å²) in [6.07, 6.45) is 0.746. The van der Waals surface area contributed by atoms with Crippen molar-refractivity contribution in [2.75, 3.05) is 6.58 Å². The van der Waals surface area contributed by atoms with Crippen LogP contribution in [-0.2, 0) is 9.53 Å². The molecule has 0 bridgehead atoms. The quantitative estimate of drug-likeness (QED) is 0.629. The van der Waals surface area contributed by atoms with Gasteiger partial charge in [-0.05, 0) is 12.8 Å². The molecular formula is C7H12O3. The van der Waals surface area contributed by atoms with Gasteiger partial charge in [-0.15, -0.1) is 0 Å². The van der Waals surface area contributed by atoms with E-state index in [-0.39, 0.29) is 6.10 Å². The van der Waals surface area contributed by atoms with Gasteiger partial charge in [-0.2, -0.15) is 0 Å². The summed E-state index contributed by atoms with van der Waals surface area (Å²) in [6.45, 7) is 1.24. The fraction of sp³-hybridized carbons (Fsp3) is 0.857. The first-order valence-electron chi connectivity index (χ1n) is 4.03. The van der Waals surface area contributed by atoms with Crippen molar-refractivity contribution in [3.05, 3.63) is 0 Å². The van der Waals surface area contributed by atoms with Crippen molar-refractivity contribution >= 4 is 5.97 Å². The van der Waals surface area contributed by atoms with Gasteiger partial charge in [0.1, 0.15) is 0 Å². The van der Waals surface area contributed by atoms with Gasteiger partial charge in [-0.3, -0.25) is 4.79 Å². The van der Waals surface area contributed by atoms with E-state index in [0.717, 1.165) is 0 Å². The summed E-state index contributed by atoms with van der Waals surface area (Å²) in [4.78, 5) is 10.6. The highest BCUT2D eigenvalue weighted by atomic mass is 16.5. The highest BCUT2D eigenvalue weighted by molar-refractivity contribution is 5.71. The van der Waals surface area contributed by atoms with E-state index in [9.17, 15) is 4.79 Å². The fourth-order valence-corrected chi connectivity index (χ4v) is 1.17. The van der Waals surface area contributed by atoms with Gasteiger partial charge in [0.2, 0.25) is 0 Å². The molecule has 1 aliphatic rings. The van der Waals surface area contributed by atoms with Crippen LogP contribution >= 0.6 is 0 Å². The Balaban J connectivity index is 2.57.